The first-order valence-electron chi connectivity index (χ1n) is 7.97. The number of nitrogens with zero attached hydrogens (tertiary/aromatic N) is 3. The lowest BCUT2D eigenvalue weighted by Crippen LogP contribution is -2.42. The molecule has 3 heterocycles. The van der Waals surface area contributed by atoms with Gasteiger partial charge in [-0.15, -0.1) is 0 Å². The molecule has 1 aliphatic heterocycles. The molecule has 3 rings (SSSR count). The minimum absolute atomic E-state index is 0.0164. The van der Waals surface area contributed by atoms with E-state index in [-0.39, 0.29) is 12.1 Å². The molecular weight excluding hydrogens is 358 g/mol. The van der Waals surface area contributed by atoms with Crippen molar-refractivity contribution in [2.24, 2.45) is 0 Å². The van der Waals surface area contributed by atoms with Gasteiger partial charge in [-0.05, 0) is 68.1 Å². The number of pyridine rings is 1. The van der Waals surface area contributed by atoms with Gasteiger partial charge in [-0.3, -0.25) is 4.90 Å². The summed E-state index contributed by atoms with van der Waals surface area (Å²) in [6, 6.07) is 3.92. The van der Waals surface area contributed by atoms with Crippen LogP contribution in [0.2, 0.25) is 0 Å². The van der Waals surface area contributed by atoms with Crippen LogP contribution in [0, 0.1) is 0 Å². The minimum Gasteiger partial charge on any atom is -0.444 e. The number of imidazole rings is 1. The van der Waals surface area contributed by atoms with Crippen molar-refractivity contribution in [3.63, 3.8) is 0 Å². The highest BCUT2D eigenvalue weighted by Gasteiger charge is 2.32. The standard InChI is InChI=1S/C17H22BrN3O2/c1-17(2,3)23-16(22)21-9-5-4-6-14(21)13-11-20-10-12(18)7-8-15(20)19-13/h7-8,10-11,14H,4-6,9H2,1-3H3/t14-/m1/s1. The van der Waals surface area contributed by atoms with Gasteiger partial charge in [-0.25, -0.2) is 9.78 Å². The summed E-state index contributed by atoms with van der Waals surface area (Å²) in [5.41, 5.74) is 1.33. The topological polar surface area (TPSA) is 46.8 Å². The van der Waals surface area contributed by atoms with E-state index in [0.717, 1.165) is 41.6 Å². The molecule has 1 fully saturated rings. The summed E-state index contributed by atoms with van der Waals surface area (Å²) in [7, 11) is 0. The second-order valence-electron chi connectivity index (χ2n) is 6.96. The lowest BCUT2D eigenvalue weighted by Gasteiger charge is -2.35. The largest absolute Gasteiger partial charge is 0.444 e. The van der Waals surface area contributed by atoms with Crippen LogP contribution in [-0.2, 0) is 4.74 Å². The Balaban J connectivity index is 1.89. The summed E-state index contributed by atoms with van der Waals surface area (Å²) in [6.07, 6.45) is 6.76. The van der Waals surface area contributed by atoms with Crippen molar-refractivity contribution < 1.29 is 9.53 Å². The molecule has 1 amide bonds. The monoisotopic (exact) mass is 379 g/mol. The Morgan fingerprint density at radius 1 is 1.30 bits per heavy atom. The molecule has 0 unspecified atom stereocenters. The first-order valence-corrected chi connectivity index (χ1v) is 8.76. The van der Waals surface area contributed by atoms with Crippen molar-refractivity contribution >= 4 is 27.7 Å². The number of rotatable bonds is 1. The molecule has 2 aromatic rings. The van der Waals surface area contributed by atoms with Crippen LogP contribution in [0.25, 0.3) is 5.65 Å². The number of hydrogen-bond donors (Lipinski definition) is 0. The predicted molar refractivity (Wildman–Crippen MR) is 92.4 cm³/mol. The van der Waals surface area contributed by atoms with Crippen molar-refractivity contribution in [3.05, 3.63) is 34.7 Å². The number of halogens is 1. The van der Waals surface area contributed by atoms with E-state index < -0.39 is 5.60 Å². The maximum atomic E-state index is 12.5. The second kappa shape index (κ2) is 6.15. The predicted octanol–water partition coefficient (Wildman–Crippen LogP) is 4.56. The average Bonchev–Trinajstić information content (AvgIpc) is 2.88. The van der Waals surface area contributed by atoms with E-state index in [1.54, 1.807) is 0 Å². The zero-order valence-electron chi connectivity index (χ0n) is 13.8. The fraction of sp³-hybridized carbons (Fsp3) is 0.529. The maximum absolute atomic E-state index is 12.5. The average molecular weight is 380 g/mol. The quantitative estimate of drug-likeness (QED) is 0.729. The van der Waals surface area contributed by atoms with Gasteiger partial charge in [-0.2, -0.15) is 0 Å². The van der Waals surface area contributed by atoms with Gasteiger partial charge in [0.15, 0.2) is 0 Å². The van der Waals surface area contributed by atoms with E-state index in [1.165, 1.54) is 0 Å². The van der Waals surface area contributed by atoms with E-state index in [2.05, 4.69) is 15.9 Å². The number of carbonyl (C=O) groups is 1. The smallest absolute Gasteiger partial charge is 0.410 e. The van der Waals surface area contributed by atoms with Crippen LogP contribution in [-0.4, -0.2) is 32.5 Å². The first-order chi connectivity index (χ1) is 10.8. The normalized spacial score (nSPS) is 19.1. The zero-order valence-corrected chi connectivity index (χ0v) is 15.3. The molecule has 0 saturated carbocycles. The molecule has 1 aliphatic rings. The van der Waals surface area contributed by atoms with Crippen LogP contribution in [0.4, 0.5) is 4.79 Å². The van der Waals surface area contributed by atoms with E-state index in [1.807, 2.05) is 54.6 Å². The van der Waals surface area contributed by atoms with Crippen LogP contribution in [0.15, 0.2) is 29.0 Å². The number of hydrogen-bond acceptors (Lipinski definition) is 3. The van der Waals surface area contributed by atoms with E-state index in [9.17, 15) is 4.79 Å². The Kier molecular flexibility index (Phi) is 4.36. The third-order valence-electron chi connectivity index (χ3n) is 3.91. The first kappa shape index (κ1) is 16.3. The zero-order chi connectivity index (χ0) is 16.6. The van der Waals surface area contributed by atoms with E-state index >= 15 is 0 Å². The molecule has 6 heteroatoms. The van der Waals surface area contributed by atoms with Crippen LogP contribution in [0.3, 0.4) is 0 Å². The lowest BCUT2D eigenvalue weighted by molar-refractivity contribution is 0.00906. The molecule has 0 N–H and O–H groups in total. The number of amides is 1. The summed E-state index contributed by atoms with van der Waals surface area (Å²) < 4.78 is 8.56. The Morgan fingerprint density at radius 3 is 2.83 bits per heavy atom. The molecule has 1 saturated heterocycles. The van der Waals surface area contributed by atoms with Crippen molar-refractivity contribution in [2.45, 2.75) is 51.7 Å². The van der Waals surface area contributed by atoms with Gasteiger partial charge in [-0.1, -0.05) is 0 Å². The molecule has 1 atom stereocenters. The Hall–Kier alpha value is -1.56. The molecule has 0 spiro atoms. The number of aromatic nitrogens is 2. The van der Waals surface area contributed by atoms with E-state index in [0.29, 0.717) is 0 Å². The van der Waals surface area contributed by atoms with Crippen molar-refractivity contribution in [2.75, 3.05) is 6.54 Å². The van der Waals surface area contributed by atoms with Gasteiger partial charge >= 0.3 is 6.09 Å². The summed E-state index contributed by atoms with van der Waals surface area (Å²) in [4.78, 5) is 19.1. The highest BCUT2D eigenvalue weighted by molar-refractivity contribution is 9.10. The number of carbonyl (C=O) groups excluding carboxylic acids is 1. The maximum Gasteiger partial charge on any atom is 0.410 e. The van der Waals surface area contributed by atoms with Gasteiger partial charge in [0.05, 0.1) is 11.7 Å². The van der Waals surface area contributed by atoms with Gasteiger partial charge in [0.25, 0.3) is 0 Å². The molecule has 2 aromatic heterocycles. The molecule has 0 radical (unpaired) electrons. The Labute approximate surface area is 144 Å². The molecule has 5 nitrogen and oxygen atoms in total. The second-order valence-corrected chi connectivity index (χ2v) is 7.88. The SMILES string of the molecule is CC(C)(C)OC(=O)N1CCCC[C@@H]1c1cn2cc(Br)ccc2n1. The van der Waals surface area contributed by atoms with Gasteiger partial charge in [0.1, 0.15) is 11.2 Å². The highest BCUT2D eigenvalue weighted by Crippen LogP contribution is 2.32. The molecular formula is C17H22BrN3O2. The van der Waals surface area contributed by atoms with Gasteiger partial charge in [0.2, 0.25) is 0 Å². The van der Waals surface area contributed by atoms with Gasteiger partial charge < -0.3 is 9.14 Å². The fourth-order valence-corrected chi connectivity index (χ4v) is 3.28. The fourth-order valence-electron chi connectivity index (χ4n) is 2.92. The van der Waals surface area contributed by atoms with Crippen molar-refractivity contribution in [3.8, 4) is 0 Å². The van der Waals surface area contributed by atoms with Crippen molar-refractivity contribution in [1.29, 1.82) is 0 Å². The third kappa shape index (κ3) is 3.68. The number of ether oxygens (including phenoxy) is 1. The van der Waals surface area contributed by atoms with Gasteiger partial charge in [0, 0.05) is 23.4 Å². The van der Waals surface area contributed by atoms with Crippen molar-refractivity contribution in [1.82, 2.24) is 14.3 Å². The minimum atomic E-state index is -0.483. The highest BCUT2D eigenvalue weighted by atomic mass is 79.9. The van der Waals surface area contributed by atoms with Crippen LogP contribution >= 0.6 is 15.9 Å². The summed E-state index contributed by atoms with van der Waals surface area (Å²) in [5, 5.41) is 0. The Morgan fingerprint density at radius 2 is 2.09 bits per heavy atom. The summed E-state index contributed by atoms with van der Waals surface area (Å²) in [5.74, 6) is 0. The molecule has 124 valence electrons. The molecule has 0 aliphatic carbocycles. The van der Waals surface area contributed by atoms with E-state index in [4.69, 9.17) is 9.72 Å². The summed E-state index contributed by atoms with van der Waals surface area (Å²) >= 11 is 3.47. The number of fused-ring (bicyclic) bond motifs is 1. The third-order valence-corrected chi connectivity index (χ3v) is 4.37. The van der Waals surface area contributed by atoms with Crippen LogP contribution in [0.5, 0.6) is 0 Å². The molecule has 23 heavy (non-hydrogen) atoms. The number of piperidine rings is 1. The summed E-state index contributed by atoms with van der Waals surface area (Å²) in [6.45, 7) is 6.40. The molecule has 0 aromatic carbocycles. The number of likely N-dealkylation sites (tertiary alicyclic amines) is 1. The Bertz CT molecular complexity index is 720. The lowest BCUT2D eigenvalue weighted by atomic mass is 10.0. The molecule has 0 bridgehead atoms. The van der Waals surface area contributed by atoms with Crippen LogP contribution in [0.1, 0.15) is 51.8 Å². The van der Waals surface area contributed by atoms with Crippen LogP contribution < -0.4 is 0 Å².